The lowest BCUT2D eigenvalue weighted by atomic mass is 9.78. The van der Waals surface area contributed by atoms with Crippen LogP contribution in [0.5, 0.6) is 0 Å². The van der Waals surface area contributed by atoms with Gasteiger partial charge < -0.3 is 10.1 Å². The van der Waals surface area contributed by atoms with Crippen molar-refractivity contribution in [2.24, 2.45) is 0 Å². The molecule has 1 heterocycles. The molecule has 0 atom stereocenters. The number of hydrogen-bond donors (Lipinski definition) is 1. The Morgan fingerprint density at radius 2 is 1.80 bits per heavy atom. The van der Waals surface area contributed by atoms with Crippen LogP contribution in [-0.2, 0) is 14.3 Å². The van der Waals surface area contributed by atoms with Crippen molar-refractivity contribution in [3.05, 3.63) is 11.1 Å². The normalized spacial score (nSPS) is 26.1. The minimum absolute atomic E-state index is 0.0675. The quantitative estimate of drug-likeness (QED) is 0.789. The van der Waals surface area contributed by atoms with Crippen LogP contribution in [0.15, 0.2) is 11.1 Å². The van der Waals surface area contributed by atoms with Crippen molar-refractivity contribution in [3.63, 3.8) is 0 Å². The molecule has 2 aliphatic carbocycles. The Bertz CT molecular complexity index is 454. The number of nitrogens with one attached hydrogen (secondary N) is 1. The molecule has 2 fully saturated rings. The zero-order valence-corrected chi connectivity index (χ0v) is 12.2. The molecule has 4 heteroatoms. The van der Waals surface area contributed by atoms with Crippen molar-refractivity contribution in [1.29, 1.82) is 0 Å². The monoisotopic (exact) mass is 277 g/mol. The lowest BCUT2D eigenvalue weighted by Gasteiger charge is -2.34. The third kappa shape index (κ3) is 2.25. The number of hydrogen-bond acceptors (Lipinski definition) is 3. The van der Waals surface area contributed by atoms with Crippen molar-refractivity contribution in [2.75, 3.05) is 0 Å². The van der Waals surface area contributed by atoms with Crippen LogP contribution in [0.3, 0.4) is 0 Å². The van der Waals surface area contributed by atoms with Gasteiger partial charge in [0.1, 0.15) is 5.60 Å². The molecule has 0 aromatic rings. The summed E-state index contributed by atoms with van der Waals surface area (Å²) in [6.45, 7) is 1.73. The Balaban J connectivity index is 1.82. The van der Waals surface area contributed by atoms with E-state index in [1.54, 1.807) is 6.92 Å². The standard InChI is InChI=1S/C16H23NO3/c1-11-13(14(18)17-12-7-3-4-8-12)16(20-15(11)19)9-5-2-6-10-16/h12H,2-10H2,1H3,(H,17,18). The van der Waals surface area contributed by atoms with Gasteiger partial charge >= 0.3 is 5.97 Å². The van der Waals surface area contributed by atoms with Crippen LogP contribution in [0.25, 0.3) is 0 Å². The van der Waals surface area contributed by atoms with Crippen molar-refractivity contribution in [1.82, 2.24) is 5.32 Å². The summed E-state index contributed by atoms with van der Waals surface area (Å²) in [5.41, 5.74) is 0.513. The van der Waals surface area contributed by atoms with Crippen molar-refractivity contribution in [2.45, 2.75) is 76.4 Å². The van der Waals surface area contributed by atoms with Gasteiger partial charge in [-0.15, -0.1) is 0 Å². The van der Waals surface area contributed by atoms with Crippen LogP contribution < -0.4 is 5.32 Å². The third-order valence-corrected chi connectivity index (χ3v) is 5.00. The lowest BCUT2D eigenvalue weighted by molar-refractivity contribution is -0.149. The Morgan fingerprint density at radius 3 is 2.45 bits per heavy atom. The summed E-state index contributed by atoms with van der Waals surface area (Å²) < 4.78 is 5.63. The molecule has 1 amide bonds. The van der Waals surface area contributed by atoms with E-state index >= 15 is 0 Å². The zero-order valence-electron chi connectivity index (χ0n) is 12.2. The van der Waals surface area contributed by atoms with Gasteiger partial charge in [0.2, 0.25) is 0 Å². The molecule has 3 aliphatic rings. The average molecular weight is 277 g/mol. The van der Waals surface area contributed by atoms with Crippen LogP contribution in [0.4, 0.5) is 0 Å². The summed E-state index contributed by atoms with van der Waals surface area (Å²) in [6.07, 6.45) is 9.29. The number of ether oxygens (including phenoxy) is 1. The van der Waals surface area contributed by atoms with Gasteiger partial charge in [0.15, 0.2) is 0 Å². The fourth-order valence-electron chi connectivity index (χ4n) is 3.93. The van der Waals surface area contributed by atoms with E-state index in [1.165, 1.54) is 12.8 Å². The maximum Gasteiger partial charge on any atom is 0.335 e. The highest BCUT2D eigenvalue weighted by atomic mass is 16.6. The maximum absolute atomic E-state index is 12.6. The van der Waals surface area contributed by atoms with E-state index in [-0.39, 0.29) is 17.9 Å². The van der Waals surface area contributed by atoms with Crippen molar-refractivity contribution < 1.29 is 14.3 Å². The molecule has 0 aromatic carbocycles. The largest absolute Gasteiger partial charge is 0.451 e. The molecule has 0 bridgehead atoms. The molecule has 1 aliphatic heterocycles. The van der Waals surface area contributed by atoms with Gasteiger partial charge in [-0.05, 0) is 45.4 Å². The second kappa shape index (κ2) is 5.23. The maximum atomic E-state index is 12.6. The zero-order chi connectivity index (χ0) is 14.2. The van der Waals surface area contributed by atoms with E-state index in [9.17, 15) is 9.59 Å². The van der Waals surface area contributed by atoms with Crippen LogP contribution in [0.2, 0.25) is 0 Å². The highest BCUT2D eigenvalue weighted by Gasteiger charge is 2.49. The van der Waals surface area contributed by atoms with Gasteiger partial charge in [-0.2, -0.15) is 0 Å². The van der Waals surface area contributed by atoms with Gasteiger partial charge in [-0.25, -0.2) is 4.79 Å². The fraction of sp³-hybridized carbons (Fsp3) is 0.750. The fourth-order valence-corrected chi connectivity index (χ4v) is 3.93. The molecule has 1 spiro atoms. The van der Waals surface area contributed by atoms with E-state index < -0.39 is 5.60 Å². The first-order valence-electron chi connectivity index (χ1n) is 7.88. The van der Waals surface area contributed by atoms with Gasteiger partial charge in [-0.1, -0.05) is 19.3 Å². The molecule has 0 unspecified atom stereocenters. The van der Waals surface area contributed by atoms with Gasteiger partial charge in [-0.3, -0.25) is 4.79 Å². The predicted molar refractivity (Wildman–Crippen MR) is 75.0 cm³/mol. The van der Waals surface area contributed by atoms with Crippen LogP contribution in [-0.4, -0.2) is 23.5 Å². The summed E-state index contributed by atoms with van der Waals surface area (Å²) >= 11 is 0. The molecule has 0 saturated heterocycles. The second-order valence-corrected chi connectivity index (χ2v) is 6.40. The number of carbonyl (C=O) groups is 2. The first-order chi connectivity index (χ1) is 9.62. The SMILES string of the molecule is CC1=C(C(=O)NC2CCCC2)C2(CCCCC2)OC1=O. The Kier molecular flexibility index (Phi) is 3.57. The number of esters is 1. The van der Waals surface area contributed by atoms with Crippen LogP contribution in [0, 0.1) is 0 Å². The Labute approximate surface area is 119 Å². The predicted octanol–water partition coefficient (Wildman–Crippen LogP) is 2.62. The molecule has 20 heavy (non-hydrogen) atoms. The van der Waals surface area contributed by atoms with Crippen LogP contribution in [0.1, 0.15) is 64.7 Å². The Morgan fingerprint density at radius 1 is 1.15 bits per heavy atom. The van der Waals surface area contributed by atoms with E-state index in [1.807, 2.05) is 0 Å². The minimum Gasteiger partial charge on any atom is -0.451 e. The molecule has 1 N–H and O–H groups in total. The number of amides is 1. The topological polar surface area (TPSA) is 55.4 Å². The highest BCUT2D eigenvalue weighted by Crippen LogP contribution is 2.43. The molecule has 2 saturated carbocycles. The first-order valence-corrected chi connectivity index (χ1v) is 7.88. The van der Waals surface area contributed by atoms with Gasteiger partial charge in [0.05, 0.1) is 5.57 Å². The highest BCUT2D eigenvalue weighted by molar-refractivity contribution is 6.07. The average Bonchev–Trinajstić information content (AvgIpc) is 2.99. The summed E-state index contributed by atoms with van der Waals surface area (Å²) in [5, 5.41) is 3.11. The van der Waals surface area contributed by atoms with Gasteiger partial charge in [0, 0.05) is 11.6 Å². The van der Waals surface area contributed by atoms with Crippen LogP contribution >= 0.6 is 0 Å². The third-order valence-electron chi connectivity index (χ3n) is 5.00. The molecule has 0 radical (unpaired) electrons. The summed E-state index contributed by atoms with van der Waals surface area (Å²) in [5.74, 6) is -0.370. The molecule has 0 aromatic heterocycles. The van der Waals surface area contributed by atoms with E-state index in [0.29, 0.717) is 11.1 Å². The molecular weight excluding hydrogens is 254 g/mol. The number of rotatable bonds is 2. The van der Waals surface area contributed by atoms with E-state index in [2.05, 4.69) is 5.32 Å². The summed E-state index contributed by atoms with van der Waals surface area (Å²) in [4.78, 5) is 24.6. The molecule has 4 nitrogen and oxygen atoms in total. The summed E-state index contributed by atoms with van der Waals surface area (Å²) in [6, 6.07) is 0.277. The van der Waals surface area contributed by atoms with Gasteiger partial charge in [0.25, 0.3) is 5.91 Å². The lowest BCUT2D eigenvalue weighted by Crippen LogP contribution is -2.43. The van der Waals surface area contributed by atoms with E-state index in [0.717, 1.165) is 44.9 Å². The first kappa shape index (κ1) is 13.7. The Hall–Kier alpha value is -1.32. The molecular formula is C16H23NO3. The smallest absolute Gasteiger partial charge is 0.335 e. The minimum atomic E-state index is -0.623. The van der Waals surface area contributed by atoms with E-state index in [4.69, 9.17) is 4.74 Å². The second-order valence-electron chi connectivity index (χ2n) is 6.40. The van der Waals surface area contributed by atoms with Crippen molar-refractivity contribution >= 4 is 11.9 Å². The molecule has 3 rings (SSSR count). The summed E-state index contributed by atoms with van der Waals surface area (Å²) in [7, 11) is 0. The molecule has 110 valence electrons. The van der Waals surface area contributed by atoms with Crippen molar-refractivity contribution in [3.8, 4) is 0 Å². The number of carbonyl (C=O) groups excluding carboxylic acids is 2.